The second-order valence-corrected chi connectivity index (χ2v) is 5.61. The van der Waals surface area contributed by atoms with E-state index in [4.69, 9.17) is 5.73 Å². The van der Waals surface area contributed by atoms with E-state index in [1.54, 1.807) is 31.2 Å². The van der Waals surface area contributed by atoms with Crippen LogP contribution in [0, 0.1) is 6.92 Å². The van der Waals surface area contributed by atoms with E-state index in [0.29, 0.717) is 4.90 Å². The maximum Gasteiger partial charge on any atom is 0.179 e. The molecule has 0 heterocycles. The van der Waals surface area contributed by atoms with Crippen molar-refractivity contribution in [3.8, 4) is 0 Å². The maximum absolute atomic E-state index is 11.7. The smallest absolute Gasteiger partial charge is 0.179 e. The first-order chi connectivity index (χ1) is 6.42. The summed E-state index contributed by atoms with van der Waals surface area (Å²) in [6, 6.07) is 6.48. The molecule has 1 atom stereocenters. The van der Waals surface area contributed by atoms with Gasteiger partial charge < -0.3 is 5.73 Å². The molecule has 3 nitrogen and oxygen atoms in total. The van der Waals surface area contributed by atoms with Gasteiger partial charge in [0.25, 0.3) is 0 Å². The zero-order chi connectivity index (χ0) is 10.8. The Hall–Kier alpha value is -0.870. The molecule has 0 radical (unpaired) electrons. The summed E-state index contributed by atoms with van der Waals surface area (Å²) in [5.74, 6) is -0.00391. The van der Waals surface area contributed by atoms with Gasteiger partial charge in [0, 0.05) is 6.04 Å². The van der Waals surface area contributed by atoms with Crippen LogP contribution < -0.4 is 5.73 Å². The summed E-state index contributed by atoms with van der Waals surface area (Å²) in [6.45, 7) is 3.60. The zero-order valence-corrected chi connectivity index (χ0v) is 9.21. The highest BCUT2D eigenvalue weighted by Gasteiger charge is 2.15. The monoisotopic (exact) mass is 213 g/mol. The molecule has 1 unspecified atom stereocenters. The van der Waals surface area contributed by atoms with Crippen LogP contribution in [0.2, 0.25) is 0 Å². The number of sulfone groups is 1. The molecule has 78 valence electrons. The van der Waals surface area contributed by atoms with E-state index in [-0.39, 0.29) is 11.8 Å². The molecule has 0 aromatic heterocycles. The van der Waals surface area contributed by atoms with Crippen LogP contribution in [0.5, 0.6) is 0 Å². The quantitative estimate of drug-likeness (QED) is 0.818. The molecule has 1 aromatic carbocycles. The summed E-state index contributed by atoms with van der Waals surface area (Å²) in [6.07, 6.45) is 0. The van der Waals surface area contributed by atoms with Gasteiger partial charge in [0.1, 0.15) is 0 Å². The SMILES string of the molecule is Cc1ccc(S(=O)(=O)CC(C)N)cc1. The number of aryl methyl sites for hydroxylation is 1. The van der Waals surface area contributed by atoms with Crippen molar-refractivity contribution < 1.29 is 8.42 Å². The van der Waals surface area contributed by atoms with Crippen LogP contribution in [0.4, 0.5) is 0 Å². The predicted molar refractivity (Wildman–Crippen MR) is 56.9 cm³/mol. The number of rotatable bonds is 3. The summed E-state index contributed by atoms with van der Waals surface area (Å²) in [7, 11) is -3.20. The lowest BCUT2D eigenvalue weighted by Crippen LogP contribution is -2.26. The maximum atomic E-state index is 11.7. The fraction of sp³-hybridized carbons (Fsp3) is 0.400. The number of hydrogen-bond acceptors (Lipinski definition) is 3. The lowest BCUT2D eigenvalue weighted by Gasteiger charge is -2.06. The van der Waals surface area contributed by atoms with Gasteiger partial charge in [-0.1, -0.05) is 17.7 Å². The van der Waals surface area contributed by atoms with Crippen LogP contribution in [-0.4, -0.2) is 20.2 Å². The van der Waals surface area contributed by atoms with Gasteiger partial charge in [-0.3, -0.25) is 0 Å². The number of benzene rings is 1. The van der Waals surface area contributed by atoms with Crippen molar-refractivity contribution in [2.75, 3.05) is 5.75 Å². The fourth-order valence-electron chi connectivity index (χ4n) is 1.19. The summed E-state index contributed by atoms with van der Waals surface area (Å²) in [5.41, 5.74) is 6.51. The molecule has 0 saturated carbocycles. The summed E-state index contributed by atoms with van der Waals surface area (Å²) in [4.78, 5) is 0.348. The Labute approximate surface area is 84.9 Å². The molecule has 0 aliphatic heterocycles. The lowest BCUT2D eigenvalue weighted by molar-refractivity contribution is 0.590. The second-order valence-electron chi connectivity index (χ2n) is 3.57. The van der Waals surface area contributed by atoms with Gasteiger partial charge in [0.15, 0.2) is 9.84 Å². The van der Waals surface area contributed by atoms with E-state index in [9.17, 15) is 8.42 Å². The summed E-state index contributed by atoms with van der Waals surface area (Å²) >= 11 is 0. The van der Waals surface area contributed by atoms with Crippen molar-refractivity contribution >= 4 is 9.84 Å². The first-order valence-electron chi connectivity index (χ1n) is 4.47. The Morgan fingerprint density at radius 1 is 1.29 bits per heavy atom. The van der Waals surface area contributed by atoms with Crippen LogP contribution >= 0.6 is 0 Å². The predicted octanol–water partition coefficient (Wildman–Crippen LogP) is 1.12. The first kappa shape index (κ1) is 11.2. The minimum atomic E-state index is -3.20. The molecule has 1 rings (SSSR count). The minimum absolute atomic E-state index is 0.00391. The van der Waals surface area contributed by atoms with Crippen LogP contribution in [-0.2, 0) is 9.84 Å². The molecule has 0 aliphatic carbocycles. The molecule has 1 aromatic rings. The number of nitrogens with two attached hydrogens (primary N) is 1. The normalized spacial score (nSPS) is 13.9. The largest absolute Gasteiger partial charge is 0.327 e. The third-order valence-electron chi connectivity index (χ3n) is 1.86. The molecule has 0 amide bonds. The van der Waals surface area contributed by atoms with Gasteiger partial charge >= 0.3 is 0 Å². The van der Waals surface area contributed by atoms with E-state index < -0.39 is 9.84 Å². The average molecular weight is 213 g/mol. The molecule has 4 heteroatoms. The first-order valence-corrected chi connectivity index (χ1v) is 6.12. The van der Waals surface area contributed by atoms with E-state index in [0.717, 1.165) is 5.56 Å². The highest BCUT2D eigenvalue weighted by molar-refractivity contribution is 7.91. The van der Waals surface area contributed by atoms with Crippen LogP contribution in [0.3, 0.4) is 0 Å². The topological polar surface area (TPSA) is 60.2 Å². The van der Waals surface area contributed by atoms with Crippen LogP contribution in [0.15, 0.2) is 29.2 Å². The molecule has 0 saturated heterocycles. The summed E-state index contributed by atoms with van der Waals surface area (Å²) in [5, 5.41) is 0. The molecule has 2 N–H and O–H groups in total. The molecule has 0 spiro atoms. The van der Waals surface area contributed by atoms with Gasteiger partial charge in [-0.15, -0.1) is 0 Å². The molecule has 0 aliphatic rings. The lowest BCUT2D eigenvalue weighted by atomic mass is 10.2. The molecular weight excluding hydrogens is 198 g/mol. The Morgan fingerprint density at radius 3 is 2.21 bits per heavy atom. The highest BCUT2D eigenvalue weighted by atomic mass is 32.2. The number of hydrogen-bond donors (Lipinski definition) is 1. The van der Waals surface area contributed by atoms with Crippen molar-refractivity contribution in [1.29, 1.82) is 0 Å². The van der Waals surface area contributed by atoms with Crippen LogP contribution in [0.1, 0.15) is 12.5 Å². The van der Waals surface area contributed by atoms with E-state index in [2.05, 4.69) is 0 Å². The van der Waals surface area contributed by atoms with Crippen molar-refractivity contribution in [3.63, 3.8) is 0 Å². The Bertz CT molecular complexity index is 393. The third-order valence-corrected chi connectivity index (χ3v) is 3.82. The Balaban J connectivity index is 2.99. The standard InChI is InChI=1S/C10H15NO2S/c1-8-3-5-10(6-4-8)14(12,13)7-9(2)11/h3-6,9H,7,11H2,1-2H3. The van der Waals surface area contributed by atoms with Gasteiger partial charge in [-0.05, 0) is 26.0 Å². The summed E-state index contributed by atoms with van der Waals surface area (Å²) < 4.78 is 23.3. The highest BCUT2D eigenvalue weighted by Crippen LogP contribution is 2.12. The Morgan fingerprint density at radius 2 is 1.79 bits per heavy atom. The van der Waals surface area contributed by atoms with Crippen LogP contribution in [0.25, 0.3) is 0 Å². The van der Waals surface area contributed by atoms with Crippen molar-refractivity contribution in [2.24, 2.45) is 5.73 Å². The minimum Gasteiger partial charge on any atom is -0.327 e. The van der Waals surface area contributed by atoms with Gasteiger partial charge in [0.2, 0.25) is 0 Å². The molecule has 0 fully saturated rings. The van der Waals surface area contributed by atoms with E-state index >= 15 is 0 Å². The van der Waals surface area contributed by atoms with Gasteiger partial charge in [-0.25, -0.2) is 8.42 Å². The van der Waals surface area contributed by atoms with Gasteiger partial charge in [0.05, 0.1) is 10.6 Å². The van der Waals surface area contributed by atoms with E-state index in [1.165, 1.54) is 0 Å². The van der Waals surface area contributed by atoms with Gasteiger partial charge in [-0.2, -0.15) is 0 Å². The zero-order valence-electron chi connectivity index (χ0n) is 8.40. The molecule has 0 bridgehead atoms. The molecular formula is C10H15NO2S. The average Bonchev–Trinajstić information content (AvgIpc) is 2.02. The fourth-order valence-corrected chi connectivity index (χ4v) is 2.62. The Kier molecular flexibility index (Phi) is 3.29. The second kappa shape index (κ2) is 4.11. The van der Waals surface area contributed by atoms with Crippen molar-refractivity contribution in [2.45, 2.75) is 24.8 Å². The molecule has 14 heavy (non-hydrogen) atoms. The third kappa shape index (κ3) is 2.82. The van der Waals surface area contributed by atoms with Crippen molar-refractivity contribution in [1.82, 2.24) is 0 Å². The van der Waals surface area contributed by atoms with E-state index in [1.807, 2.05) is 6.92 Å². The van der Waals surface area contributed by atoms with Crippen molar-refractivity contribution in [3.05, 3.63) is 29.8 Å².